The number of ether oxygens (including phenoxy) is 3. The summed E-state index contributed by atoms with van der Waals surface area (Å²) in [6.07, 6.45) is 0.367. The van der Waals surface area contributed by atoms with Gasteiger partial charge in [-0.25, -0.2) is 13.2 Å². The molecule has 2 heterocycles. The molecule has 2 rings (SSSR count). The summed E-state index contributed by atoms with van der Waals surface area (Å²) in [7, 11) is -1.84. The first-order valence-corrected chi connectivity index (χ1v) is 10.4. The van der Waals surface area contributed by atoms with Crippen LogP contribution >= 0.6 is 0 Å². The van der Waals surface area contributed by atoms with Gasteiger partial charge < -0.3 is 14.2 Å². The Bertz CT molecular complexity index is 818. The number of nitrogens with one attached hydrogen (secondary N) is 1. The molecule has 1 aliphatic rings. The SMILES string of the molecule is COC[C@@H](O[C@@H](COC(C)C)CN1CCCS1(=O)=O)n1ccc(=O)[nH]c1=O. The van der Waals surface area contributed by atoms with Crippen molar-refractivity contribution in [2.75, 3.05) is 39.2 Å². The Balaban J connectivity index is 2.21. The molecule has 0 bridgehead atoms. The number of aromatic amines is 1. The van der Waals surface area contributed by atoms with E-state index in [0.717, 1.165) is 0 Å². The van der Waals surface area contributed by atoms with Crippen LogP contribution < -0.4 is 11.2 Å². The number of H-pyrrole nitrogens is 1. The quantitative estimate of drug-likeness (QED) is 0.559. The number of nitrogens with zero attached hydrogens (tertiary/aromatic N) is 2. The van der Waals surface area contributed by atoms with Gasteiger partial charge in [-0.15, -0.1) is 0 Å². The first kappa shape index (κ1) is 21.8. The molecular formula is C16H27N3O7S. The predicted octanol–water partition coefficient (Wildman–Crippen LogP) is -0.473. The van der Waals surface area contributed by atoms with Crippen LogP contribution in [-0.4, -0.2) is 73.6 Å². The second kappa shape index (κ2) is 9.60. The maximum absolute atomic E-state index is 12.1. The van der Waals surface area contributed by atoms with Crippen molar-refractivity contribution < 1.29 is 22.6 Å². The van der Waals surface area contributed by atoms with Crippen LogP contribution in [-0.2, 0) is 24.2 Å². The van der Waals surface area contributed by atoms with Crippen LogP contribution in [0.2, 0.25) is 0 Å². The topological polar surface area (TPSA) is 120 Å². The summed E-state index contributed by atoms with van der Waals surface area (Å²) in [6, 6.07) is 1.21. The first-order chi connectivity index (χ1) is 12.7. The van der Waals surface area contributed by atoms with Gasteiger partial charge in [-0.1, -0.05) is 0 Å². The van der Waals surface area contributed by atoms with E-state index in [4.69, 9.17) is 14.2 Å². The minimum absolute atomic E-state index is 0.0386. The zero-order valence-corrected chi connectivity index (χ0v) is 16.6. The Labute approximate surface area is 158 Å². The fourth-order valence-electron chi connectivity index (χ4n) is 2.76. The molecule has 0 saturated carbocycles. The molecule has 1 saturated heterocycles. The lowest BCUT2D eigenvalue weighted by atomic mass is 10.3. The minimum Gasteiger partial charge on any atom is -0.380 e. The molecule has 10 nitrogen and oxygen atoms in total. The highest BCUT2D eigenvalue weighted by molar-refractivity contribution is 7.89. The lowest BCUT2D eigenvalue weighted by Crippen LogP contribution is -2.42. The Morgan fingerprint density at radius 2 is 2.00 bits per heavy atom. The molecular weight excluding hydrogens is 378 g/mol. The largest absolute Gasteiger partial charge is 0.380 e. The third-order valence-electron chi connectivity index (χ3n) is 4.05. The summed E-state index contributed by atoms with van der Waals surface area (Å²) in [6.45, 7) is 4.47. The summed E-state index contributed by atoms with van der Waals surface area (Å²) in [4.78, 5) is 25.5. The molecule has 0 amide bonds. The van der Waals surface area contributed by atoms with Gasteiger partial charge in [-0.2, -0.15) is 4.31 Å². The van der Waals surface area contributed by atoms with Gasteiger partial charge in [-0.3, -0.25) is 14.3 Å². The molecule has 1 aliphatic heterocycles. The van der Waals surface area contributed by atoms with Crippen LogP contribution in [0.3, 0.4) is 0 Å². The average Bonchev–Trinajstić information content (AvgIpc) is 2.90. The fraction of sp³-hybridized carbons (Fsp3) is 0.750. The van der Waals surface area contributed by atoms with Crippen LogP contribution in [0.15, 0.2) is 21.9 Å². The molecule has 0 radical (unpaired) electrons. The highest BCUT2D eigenvalue weighted by atomic mass is 32.2. The van der Waals surface area contributed by atoms with Gasteiger partial charge in [0.1, 0.15) is 0 Å². The average molecular weight is 405 g/mol. The smallest absolute Gasteiger partial charge is 0.330 e. The van der Waals surface area contributed by atoms with Crippen molar-refractivity contribution in [1.82, 2.24) is 13.9 Å². The first-order valence-electron chi connectivity index (χ1n) is 8.78. The molecule has 0 unspecified atom stereocenters. The molecule has 0 spiro atoms. The van der Waals surface area contributed by atoms with Crippen molar-refractivity contribution in [2.45, 2.75) is 38.7 Å². The van der Waals surface area contributed by atoms with E-state index in [1.54, 1.807) is 0 Å². The van der Waals surface area contributed by atoms with Gasteiger partial charge in [0, 0.05) is 32.5 Å². The van der Waals surface area contributed by atoms with Gasteiger partial charge in [0.05, 0.1) is 31.2 Å². The van der Waals surface area contributed by atoms with Gasteiger partial charge in [0.15, 0.2) is 6.23 Å². The zero-order chi connectivity index (χ0) is 20.0. The molecule has 0 aliphatic carbocycles. The van der Waals surface area contributed by atoms with Gasteiger partial charge in [0.25, 0.3) is 5.56 Å². The molecule has 0 aromatic carbocycles. The Kier molecular flexibility index (Phi) is 7.74. The Morgan fingerprint density at radius 3 is 2.56 bits per heavy atom. The summed E-state index contributed by atoms with van der Waals surface area (Å²) >= 11 is 0. The van der Waals surface area contributed by atoms with E-state index < -0.39 is 33.6 Å². The van der Waals surface area contributed by atoms with Gasteiger partial charge in [0.2, 0.25) is 10.0 Å². The number of sulfonamides is 1. The Hall–Kier alpha value is -1.53. The summed E-state index contributed by atoms with van der Waals surface area (Å²) < 4.78 is 43.5. The van der Waals surface area contributed by atoms with E-state index in [-0.39, 0.29) is 31.6 Å². The molecule has 1 N–H and O–H groups in total. The third-order valence-corrected chi connectivity index (χ3v) is 5.97. The highest BCUT2D eigenvalue weighted by Crippen LogP contribution is 2.18. The van der Waals surface area contributed by atoms with Crippen LogP contribution in [0.4, 0.5) is 0 Å². The van der Waals surface area contributed by atoms with Gasteiger partial charge >= 0.3 is 5.69 Å². The Morgan fingerprint density at radius 1 is 1.26 bits per heavy atom. The van der Waals surface area contributed by atoms with Crippen molar-refractivity contribution in [2.24, 2.45) is 0 Å². The normalized spacial score (nSPS) is 19.4. The zero-order valence-electron chi connectivity index (χ0n) is 15.8. The van der Waals surface area contributed by atoms with Crippen LogP contribution in [0.5, 0.6) is 0 Å². The molecule has 154 valence electrons. The number of hydrogen-bond acceptors (Lipinski definition) is 7. The molecule has 27 heavy (non-hydrogen) atoms. The minimum atomic E-state index is -3.30. The maximum Gasteiger partial charge on any atom is 0.330 e. The van der Waals surface area contributed by atoms with Crippen molar-refractivity contribution in [3.63, 3.8) is 0 Å². The second-order valence-electron chi connectivity index (χ2n) is 6.60. The van der Waals surface area contributed by atoms with Crippen LogP contribution in [0.1, 0.15) is 26.5 Å². The number of hydrogen-bond donors (Lipinski definition) is 1. The molecule has 11 heteroatoms. The molecule has 2 atom stereocenters. The molecule has 1 aromatic heterocycles. The molecule has 1 fully saturated rings. The predicted molar refractivity (Wildman–Crippen MR) is 98.2 cm³/mol. The summed E-state index contributed by atoms with van der Waals surface area (Å²) in [5, 5.41) is 0. The van der Waals surface area contributed by atoms with Crippen molar-refractivity contribution >= 4 is 10.0 Å². The number of rotatable bonds is 10. The van der Waals surface area contributed by atoms with E-state index in [9.17, 15) is 18.0 Å². The van der Waals surface area contributed by atoms with E-state index in [2.05, 4.69) is 4.98 Å². The highest BCUT2D eigenvalue weighted by Gasteiger charge is 2.32. The molecule has 1 aromatic rings. The van der Waals surface area contributed by atoms with E-state index in [1.807, 2.05) is 13.8 Å². The van der Waals surface area contributed by atoms with E-state index in [0.29, 0.717) is 13.0 Å². The van der Waals surface area contributed by atoms with Crippen molar-refractivity contribution in [3.8, 4) is 0 Å². The third kappa shape index (κ3) is 6.25. The maximum atomic E-state index is 12.1. The van der Waals surface area contributed by atoms with E-state index in [1.165, 1.54) is 28.2 Å². The van der Waals surface area contributed by atoms with E-state index >= 15 is 0 Å². The van der Waals surface area contributed by atoms with Crippen molar-refractivity contribution in [3.05, 3.63) is 33.1 Å². The fourth-order valence-corrected chi connectivity index (χ4v) is 4.31. The number of aromatic nitrogens is 2. The van der Waals surface area contributed by atoms with Crippen LogP contribution in [0.25, 0.3) is 0 Å². The standard InChI is InChI=1S/C16H27N3O7S/c1-12(2)25-10-13(9-18-6-4-8-27(18,22)23)26-15(11-24-3)19-7-5-14(20)17-16(19)21/h5,7,12-13,15H,4,6,8-11H2,1-3H3,(H,17,20,21)/t13-,15-/m1/s1. The second-order valence-corrected chi connectivity index (χ2v) is 8.68. The van der Waals surface area contributed by atoms with Crippen molar-refractivity contribution in [1.29, 1.82) is 0 Å². The lowest BCUT2D eigenvalue weighted by Gasteiger charge is -2.28. The number of methoxy groups -OCH3 is 1. The van der Waals surface area contributed by atoms with Gasteiger partial charge in [-0.05, 0) is 20.3 Å². The summed E-state index contributed by atoms with van der Waals surface area (Å²) in [5.74, 6) is 0.117. The summed E-state index contributed by atoms with van der Waals surface area (Å²) in [5.41, 5.74) is -1.16. The lowest BCUT2D eigenvalue weighted by molar-refractivity contribution is -0.122. The monoisotopic (exact) mass is 405 g/mol. The van der Waals surface area contributed by atoms with Crippen LogP contribution in [0, 0.1) is 0 Å².